The number of aromatic nitrogens is 3. The van der Waals surface area contributed by atoms with E-state index in [-0.39, 0.29) is 23.8 Å². The molecule has 0 bridgehead atoms. The van der Waals surface area contributed by atoms with Crippen molar-refractivity contribution in [3.63, 3.8) is 0 Å². The third kappa shape index (κ3) is 4.48. The third-order valence-corrected chi connectivity index (χ3v) is 4.31. The smallest absolute Gasteiger partial charge is 0.276 e. The van der Waals surface area contributed by atoms with Gasteiger partial charge >= 0.3 is 0 Å². The second kappa shape index (κ2) is 7.96. The Hall–Kier alpha value is -3.26. The first-order valence-electron chi connectivity index (χ1n) is 8.06. The summed E-state index contributed by atoms with van der Waals surface area (Å²) in [5, 5.41) is 19.2. The van der Waals surface area contributed by atoms with Crippen molar-refractivity contribution in [1.29, 1.82) is 0 Å². The number of carbonyl (C=O) groups excluding carboxylic acids is 1. The number of hydrogen-bond donors (Lipinski definition) is 0. The fraction of sp³-hybridized carbons (Fsp3) is 0.167. The van der Waals surface area contributed by atoms with Gasteiger partial charge < -0.3 is 4.90 Å². The highest BCUT2D eigenvalue weighted by atomic mass is 35.5. The van der Waals surface area contributed by atoms with Gasteiger partial charge in [0.05, 0.1) is 17.7 Å². The molecule has 0 radical (unpaired) electrons. The summed E-state index contributed by atoms with van der Waals surface area (Å²) in [6.45, 7) is 0.617. The molecule has 3 aromatic rings. The second-order valence-electron chi connectivity index (χ2n) is 5.98. The van der Waals surface area contributed by atoms with Crippen molar-refractivity contribution in [2.24, 2.45) is 0 Å². The number of halogens is 1. The van der Waals surface area contributed by atoms with Crippen LogP contribution >= 0.6 is 11.6 Å². The Morgan fingerprint density at radius 1 is 1.26 bits per heavy atom. The molecule has 0 aliphatic carbocycles. The third-order valence-electron chi connectivity index (χ3n) is 3.94. The molecule has 138 valence electrons. The molecule has 0 aliphatic rings. The standard InChI is InChI=1S/C18H16ClN5O3/c1-22(11-14-9-15(24(26)27)7-8-16(14)19)18(25)17-12-23(21-20-17)10-13-5-3-2-4-6-13/h2-9,12H,10-11H2,1H3. The highest BCUT2D eigenvalue weighted by molar-refractivity contribution is 6.31. The molecular weight excluding hydrogens is 370 g/mol. The molecule has 3 rings (SSSR count). The predicted molar refractivity (Wildman–Crippen MR) is 99.5 cm³/mol. The van der Waals surface area contributed by atoms with E-state index >= 15 is 0 Å². The van der Waals surface area contributed by atoms with Crippen molar-refractivity contribution < 1.29 is 9.72 Å². The maximum atomic E-state index is 12.6. The zero-order chi connectivity index (χ0) is 19.4. The molecule has 0 saturated heterocycles. The van der Waals surface area contributed by atoms with Gasteiger partial charge in [0, 0.05) is 30.7 Å². The first kappa shape index (κ1) is 18.5. The Balaban J connectivity index is 1.71. The Labute approximate surface area is 160 Å². The average Bonchev–Trinajstić information content (AvgIpc) is 3.11. The van der Waals surface area contributed by atoms with Gasteiger partial charge in [-0.2, -0.15) is 0 Å². The van der Waals surface area contributed by atoms with E-state index < -0.39 is 4.92 Å². The topological polar surface area (TPSA) is 94.2 Å². The molecule has 0 saturated carbocycles. The summed E-state index contributed by atoms with van der Waals surface area (Å²) < 4.78 is 1.58. The van der Waals surface area contributed by atoms with Gasteiger partial charge in [-0.05, 0) is 17.2 Å². The number of carbonyl (C=O) groups is 1. The number of nitrogens with zero attached hydrogens (tertiary/aromatic N) is 5. The first-order chi connectivity index (χ1) is 12.9. The van der Waals surface area contributed by atoms with Crippen molar-refractivity contribution in [3.8, 4) is 0 Å². The largest absolute Gasteiger partial charge is 0.336 e. The molecule has 1 aromatic heterocycles. The van der Waals surface area contributed by atoms with Crippen LogP contribution in [0.5, 0.6) is 0 Å². The number of rotatable bonds is 6. The lowest BCUT2D eigenvalue weighted by Gasteiger charge is -2.16. The van der Waals surface area contributed by atoms with E-state index in [9.17, 15) is 14.9 Å². The molecule has 0 atom stereocenters. The zero-order valence-corrected chi connectivity index (χ0v) is 15.2. The van der Waals surface area contributed by atoms with Gasteiger partial charge in [-0.15, -0.1) is 5.10 Å². The number of amides is 1. The van der Waals surface area contributed by atoms with Gasteiger partial charge in [0.2, 0.25) is 0 Å². The van der Waals surface area contributed by atoms with Gasteiger partial charge in [-0.25, -0.2) is 4.68 Å². The summed E-state index contributed by atoms with van der Waals surface area (Å²) in [5.74, 6) is -0.350. The Morgan fingerprint density at radius 3 is 2.70 bits per heavy atom. The van der Waals surface area contributed by atoms with Gasteiger partial charge in [0.25, 0.3) is 11.6 Å². The van der Waals surface area contributed by atoms with Gasteiger partial charge in [0.1, 0.15) is 0 Å². The fourth-order valence-corrected chi connectivity index (χ4v) is 2.74. The number of nitro benzene ring substituents is 1. The van der Waals surface area contributed by atoms with Crippen LogP contribution in [-0.2, 0) is 13.1 Å². The van der Waals surface area contributed by atoms with E-state index in [0.29, 0.717) is 17.1 Å². The lowest BCUT2D eigenvalue weighted by molar-refractivity contribution is -0.384. The summed E-state index contributed by atoms with van der Waals surface area (Å²) in [7, 11) is 1.58. The number of benzene rings is 2. The minimum absolute atomic E-state index is 0.0796. The fourth-order valence-electron chi connectivity index (χ4n) is 2.56. The van der Waals surface area contributed by atoms with E-state index in [0.717, 1.165) is 5.56 Å². The summed E-state index contributed by atoms with van der Waals surface area (Å²) >= 11 is 6.10. The molecule has 1 amide bonds. The maximum absolute atomic E-state index is 12.6. The summed E-state index contributed by atoms with van der Waals surface area (Å²) in [4.78, 5) is 24.4. The van der Waals surface area contributed by atoms with Crippen molar-refractivity contribution in [3.05, 3.63) is 86.7 Å². The molecule has 1 heterocycles. The molecule has 0 fully saturated rings. The molecular formula is C18H16ClN5O3. The van der Waals surface area contributed by atoms with Gasteiger partial charge in [-0.1, -0.05) is 47.1 Å². The summed E-state index contributed by atoms with van der Waals surface area (Å²) in [5.41, 5.74) is 1.63. The minimum atomic E-state index is -0.503. The molecule has 0 spiro atoms. The van der Waals surface area contributed by atoms with Crippen LogP contribution in [0.1, 0.15) is 21.6 Å². The van der Waals surface area contributed by atoms with E-state index in [1.54, 1.807) is 17.9 Å². The minimum Gasteiger partial charge on any atom is -0.336 e. The number of non-ortho nitro benzene ring substituents is 1. The molecule has 27 heavy (non-hydrogen) atoms. The van der Waals surface area contributed by atoms with Crippen LogP contribution < -0.4 is 0 Å². The molecule has 8 nitrogen and oxygen atoms in total. The molecule has 0 aliphatic heterocycles. The summed E-state index contributed by atoms with van der Waals surface area (Å²) in [6, 6.07) is 13.8. The second-order valence-corrected chi connectivity index (χ2v) is 6.39. The van der Waals surface area contributed by atoms with Crippen molar-refractivity contribution in [2.75, 3.05) is 7.05 Å². The Bertz CT molecular complexity index is 974. The van der Waals surface area contributed by atoms with E-state index in [1.165, 1.54) is 23.1 Å². The lowest BCUT2D eigenvalue weighted by atomic mass is 10.2. The van der Waals surface area contributed by atoms with Crippen LogP contribution in [0.2, 0.25) is 5.02 Å². The van der Waals surface area contributed by atoms with Crippen LogP contribution in [0, 0.1) is 10.1 Å². The van der Waals surface area contributed by atoms with Crippen LogP contribution in [0.3, 0.4) is 0 Å². The predicted octanol–water partition coefficient (Wildman–Crippen LogP) is 3.16. The first-order valence-corrected chi connectivity index (χ1v) is 8.44. The van der Waals surface area contributed by atoms with Crippen LogP contribution in [-0.4, -0.2) is 37.8 Å². The van der Waals surface area contributed by atoms with Gasteiger partial charge in [0.15, 0.2) is 5.69 Å². The molecule has 0 N–H and O–H groups in total. The van der Waals surface area contributed by atoms with E-state index in [1.807, 2.05) is 30.3 Å². The SMILES string of the molecule is CN(Cc1cc([N+](=O)[O-])ccc1Cl)C(=O)c1cn(Cc2ccccc2)nn1. The quantitative estimate of drug-likeness (QED) is 0.480. The highest BCUT2D eigenvalue weighted by Crippen LogP contribution is 2.23. The zero-order valence-electron chi connectivity index (χ0n) is 14.4. The highest BCUT2D eigenvalue weighted by Gasteiger charge is 2.18. The summed E-state index contributed by atoms with van der Waals surface area (Å²) in [6.07, 6.45) is 1.57. The van der Waals surface area contributed by atoms with Crippen LogP contribution in [0.15, 0.2) is 54.7 Å². The van der Waals surface area contributed by atoms with Crippen molar-refractivity contribution >= 4 is 23.2 Å². The normalized spacial score (nSPS) is 10.6. The van der Waals surface area contributed by atoms with Gasteiger partial charge in [-0.3, -0.25) is 14.9 Å². The lowest BCUT2D eigenvalue weighted by Crippen LogP contribution is -2.26. The van der Waals surface area contributed by atoms with Crippen LogP contribution in [0.4, 0.5) is 5.69 Å². The Morgan fingerprint density at radius 2 is 2.00 bits per heavy atom. The maximum Gasteiger partial charge on any atom is 0.276 e. The van der Waals surface area contributed by atoms with Crippen molar-refractivity contribution in [2.45, 2.75) is 13.1 Å². The molecule has 0 unspecified atom stereocenters. The monoisotopic (exact) mass is 385 g/mol. The number of hydrogen-bond acceptors (Lipinski definition) is 5. The number of nitro groups is 1. The molecule has 2 aromatic carbocycles. The van der Waals surface area contributed by atoms with E-state index in [4.69, 9.17) is 11.6 Å². The van der Waals surface area contributed by atoms with Crippen LogP contribution in [0.25, 0.3) is 0 Å². The average molecular weight is 386 g/mol. The van der Waals surface area contributed by atoms with Crippen molar-refractivity contribution in [1.82, 2.24) is 19.9 Å². The van der Waals surface area contributed by atoms with E-state index in [2.05, 4.69) is 10.3 Å². The molecule has 9 heteroatoms. The Kier molecular flexibility index (Phi) is 5.46.